The molecule has 0 radical (unpaired) electrons. The van der Waals surface area contributed by atoms with Crippen LogP contribution in [-0.4, -0.2) is 59.7 Å². The molecular weight excluding hydrogens is 495 g/mol. The summed E-state index contributed by atoms with van der Waals surface area (Å²) in [4.78, 5) is 8.46. The summed E-state index contributed by atoms with van der Waals surface area (Å²) in [5.74, 6) is 0.277. The Hall–Kier alpha value is -2.19. The van der Waals surface area contributed by atoms with Gasteiger partial charge in [-0.05, 0) is 42.3 Å². The monoisotopic (exact) mass is 519 g/mol. The van der Waals surface area contributed by atoms with Crippen LogP contribution < -0.4 is 16.4 Å². The number of nitrogens with two attached hydrogens (primary N) is 1. The summed E-state index contributed by atoms with van der Waals surface area (Å²) in [6.07, 6.45) is -4.21. The van der Waals surface area contributed by atoms with Crippen molar-refractivity contribution in [1.82, 2.24) is 23.9 Å². The van der Waals surface area contributed by atoms with Crippen LogP contribution in [-0.2, 0) is 29.4 Å². The highest BCUT2D eigenvalue weighted by Gasteiger charge is 2.35. The van der Waals surface area contributed by atoms with Crippen molar-refractivity contribution in [1.29, 1.82) is 0 Å². The van der Waals surface area contributed by atoms with Gasteiger partial charge in [0.2, 0.25) is 5.28 Å². The fourth-order valence-electron chi connectivity index (χ4n) is 4.09. The predicted octanol–water partition coefficient (Wildman–Crippen LogP) is 2.41. The number of alkyl halides is 3. The maximum atomic E-state index is 13.2. The molecule has 1 aromatic heterocycles. The van der Waals surface area contributed by atoms with E-state index in [1.807, 2.05) is 0 Å². The molecule has 0 spiro atoms. The second-order valence-corrected chi connectivity index (χ2v) is 10.5. The van der Waals surface area contributed by atoms with Crippen LogP contribution >= 0.6 is 11.6 Å². The standard InChI is InChI=1S/C20H25ClF3N7O2S/c1-12(13-8-14(20(22,23)24)10-15(25)9-13)27-18-16-11-31(5-2-17(16)28-19(21)29-18)34(32,33)30-6-3-26-4-7-30/h8-10,12,26H,2-7,11,25H2,1H3,(H,27,28,29)/t12-/m1/s1. The summed E-state index contributed by atoms with van der Waals surface area (Å²) < 4.78 is 68.8. The van der Waals surface area contributed by atoms with E-state index in [1.54, 1.807) is 6.92 Å². The molecule has 186 valence electrons. The van der Waals surface area contributed by atoms with Crippen LogP contribution in [0.2, 0.25) is 5.28 Å². The summed E-state index contributed by atoms with van der Waals surface area (Å²) in [5.41, 5.74) is 6.28. The Balaban J connectivity index is 1.62. The largest absolute Gasteiger partial charge is 0.416 e. The number of rotatable bonds is 5. The van der Waals surface area contributed by atoms with Crippen LogP contribution in [0, 0.1) is 0 Å². The number of piperazine rings is 1. The SMILES string of the molecule is C[C@@H](Nc1nc(Cl)nc2c1CN(S(=O)(=O)N1CCNCC1)CC2)c1cc(N)cc(C(F)(F)F)c1. The molecule has 0 unspecified atom stereocenters. The number of benzene rings is 1. The van der Waals surface area contributed by atoms with Crippen molar-refractivity contribution >= 4 is 33.3 Å². The molecule has 14 heteroatoms. The molecule has 1 aromatic carbocycles. The molecule has 0 saturated carbocycles. The van der Waals surface area contributed by atoms with Gasteiger partial charge >= 0.3 is 6.18 Å². The van der Waals surface area contributed by atoms with Gasteiger partial charge in [-0.15, -0.1) is 0 Å². The van der Waals surface area contributed by atoms with E-state index < -0.39 is 28.0 Å². The summed E-state index contributed by atoms with van der Waals surface area (Å²) >= 11 is 6.09. The topological polar surface area (TPSA) is 116 Å². The van der Waals surface area contributed by atoms with E-state index in [0.717, 1.165) is 12.1 Å². The number of anilines is 2. The van der Waals surface area contributed by atoms with E-state index in [9.17, 15) is 21.6 Å². The average molecular weight is 520 g/mol. The molecule has 1 atom stereocenters. The van der Waals surface area contributed by atoms with Gasteiger partial charge in [-0.3, -0.25) is 0 Å². The number of fused-ring (bicyclic) bond motifs is 1. The molecule has 2 aliphatic heterocycles. The van der Waals surface area contributed by atoms with Crippen LogP contribution in [0.5, 0.6) is 0 Å². The van der Waals surface area contributed by atoms with Crippen LogP contribution in [0.15, 0.2) is 18.2 Å². The maximum absolute atomic E-state index is 13.2. The maximum Gasteiger partial charge on any atom is 0.416 e. The van der Waals surface area contributed by atoms with Gasteiger partial charge in [-0.1, -0.05) is 0 Å². The Morgan fingerprint density at radius 1 is 1.15 bits per heavy atom. The molecule has 2 aliphatic rings. The van der Waals surface area contributed by atoms with Crippen LogP contribution in [0.4, 0.5) is 24.7 Å². The first kappa shape index (κ1) is 24.9. The number of nitrogen functional groups attached to an aromatic ring is 1. The molecule has 0 amide bonds. The number of nitrogens with zero attached hydrogens (tertiary/aromatic N) is 4. The zero-order valence-electron chi connectivity index (χ0n) is 18.4. The third kappa shape index (κ3) is 5.23. The van der Waals surface area contributed by atoms with E-state index in [2.05, 4.69) is 20.6 Å². The van der Waals surface area contributed by atoms with Crippen molar-refractivity contribution in [2.45, 2.75) is 32.1 Å². The van der Waals surface area contributed by atoms with Crippen molar-refractivity contribution in [3.05, 3.63) is 45.9 Å². The second kappa shape index (κ2) is 9.46. The lowest BCUT2D eigenvalue weighted by Gasteiger charge is -2.35. The van der Waals surface area contributed by atoms with Gasteiger partial charge in [0, 0.05) is 56.9 Å². The Morgan fingerprint density at radius 2 is 1.85 bits per heavy atom. The minimum absolute atomic E-state index is 0.0190. The fourth-order valence-corrected chi connectivity index (χ4v) is 5.86. The number of aromatic nitrogens is 2. The molecule has 9 nitrogen and oxygen atoms in total. The Kier molecular flexibility index (Phi) is 6.93. The predicted molar refractivity (Wildman–Crippen MR) is 122 cm³/mol. The Morgan fingerprint density at radius 3 is 2.53 bits per heavy atom. The zero-order valence-corrected chi connectivity index (χ0v) is 19.9. The zero-order chi connectivity index (χ0) is 24.7. The minimum Gasteiger partial charge on any atom is -0.399 e. The van der Waals surface area contributed by atoms with Crippen LogP contribution in [0.3, 0.4) is 0 Å². The highest BCUT2D eigenvalue weighted by atomic mass is 35.5. The van der Waals surface area contributed by atoms with Gasteiger partial charge in [0.25, 0.3) is 10.2 Å². The van der Waals surface area contributed by atoms with Crippen molar-refractivity contribution in [2.24, 2.45) is 0 Å². The number of hydrogen-bond acceptors (Lipinski definition) is 7. The van der Waals surface area contributed by atoms with Crippen LogP contribution in [0.1, 0.15) is 35.3 Å². The van der Waals surface area contributed by atoms with Gasteiger partial charge < -0.3 is 16.4 Å². The third-order valence-corrected chi connectivity index (χ3v) is 8.04. The molecule has 4 rings (SSSR count). The molecule has 0 aliphatic carbocycles. The van der Waals surface area contributed by atoms with E-state index in [1.165, 1.54) is 14.7 Å². The van der Waals surface area contributed by atoms with Gasteiger partial charge in [-0.2, -0.15) is 30.2 Å². The number of nitrogens with one attached hydrogen (secondary N) is 2. The Labute approximate surface area is 200 Å². The summed E-state index contributed by atoms with van der Waals surface area (Å²) in [5, 5.41) is 6.18. The fraction of sp³-hybridized carbons (Fsp3) is 0.500. The van der Waals surface area contributed by atoms with Crippen molar-refractivity contribution in [3.8, 4) is 0 Å². The van der Waals surface area contributed by atoms with Gasteiger partial charge in [0.05, 0.1) is 17.3 Å². The molecule has 3 heterocycles. The molecule has 0 bridgehead atoms. The van der Waals surface area contributed by atoms with E-state index in [0.29, 0.717) is 49.4 Å². The minimum atomic E-state index is -4.54. The smallest absolute Gasteiger partial charge is 0.399 e. The lowest BCUT2D eigenvalue weighted by Crippen LogP contribution is -2.52. The molecule has 4 N–H and O–H groups in total. The highest BCUT2D eigenvalue weighted by molar-refractivity contribution is 7.86. The van der Waals surface area contributed by atoms with Gasteiger partial charge in [0.1, 0.15) is 5.82 Å². The first-order valence-electron chi connectivity index (χ1n) is 10.7. The lowest BCUT2D eigenvalue weighted by molar-refractivity contribution is -0.137. The number of hydrogen-bond donors (Lipinski definition) is 3. The summed E-state index contributed by atoms with van der Waals surface area (Å²) in [7, 11) is -3.69. The third-order valence-electron chi connectivity index (χ3n) is 5.88. The van der Waals surface area contributed by atoms with Crippen molar-refractivity contribution < 1.29 is 21.6 Å². The average Bonchev–Trinajstić information content (AvgIpc) is 2.78. The molecule has 34 heavy (non-hydrogen) atoms. The van der Waals surface area contributed by atoms with E-state index >= 15 is 0 Å². The molecule has 1 fully saturated rings. The molecular formula is C20H25ClF3N7O2S. The first-order valence-corrected chi connectivity index (χ1v) is 12.5. The lowest BCUT2D eigenvalue weighted by atomic mass is 10.0. The normalized spacial score (nSPS) is 19.0. The Bertz CT molecular complexity index is 1170. The van der Waals surface area contributed by atoms with Crippen LogP contribution in [0.25, 0.3) is 0 Å². The first-order chi connectivity index (χ1) is 15.9. The van der Waals surface area contributed by atoms with Crippen molar-refractivity contribution in [3.63, 3.8) is 0 Å². The van der Waals surface area contributed by atoms with Gasteiger partial charge in [0.15, 0.2) is 0 Å². The summed E-state index contributed by atoms with van der Waals surface area (Å²) in [6, 6.07) is 2.71. The van der Waals surface area contributed by atoms with E-state index in [-0.39, 0.29) is 29.9 Å². The quantitative estimate of drug-likeness (QED) is 0.410. The summed E-state index contributed by atoms with van der Waals surface area (Å²) in [6.45, 7) is 3.84. The molecule has 1 saturated heterocycles. The second-order valence-electron chi connectivity index (χ2n) is 8.26. The highest BCUT2D eigenvalue weighted by Crippen LogP contribution is 2.34. The van der Waals surface area contributed by atoms with E-state index in [4.69, 9.17) is 17.3 Å². The van der Waals surface area contributed by atoms with Crippen molar-refractivity contribution in [2.75, 3.05) is 43.8 Å². The molecule has 2 aromatic rings. The number of halogens is 4. The van der Waals surface area contributed by atoms with Gasteiger partial charge in [-0.25, -0.2) is 9.97 Å².